The Morgan fingerprint density at radius 1 is 1.33 bits per heavy atom. The lowest BCUT2D eigenvalue weighted by molar-refractivity contribution is 0.312. The van der Waals surface area contributed by atoms with Gasteiger partial charge in [-0.15, -0.1) is 11.3 Å². The third kappa shape index (κ3) is 3.09. The van der Waals surface area contributed by atoms with Gasteiger partial charge in [-0.25, -0.2) is 10.8 Å². The van der Waals surface area contributed by atoms with Crippen molar-refractivity contribution in [1.82, 2.24) is 15.0 Å². The van der Waals surface area contributed by atoms with Crippen LogP contribution in [0.5, 0.6) is 5.88 Å². The van der Waals surface area contributed by atoms with E-state index in [1.807, 2.05) is 31.2 Å². The van der Waals surface area contributed by atoms with E-state index >= 15 is 0 Å². The van der Waals surface area contributed by atoms with E-state index in [4.69, 9.17) is 10.6 Å². The molecule has 0 spiro atoms. The number of fused-ring (bicyclic) bond motifs is 1. The van der Waals surface area contributed by atoms with Crippen LogP contribution in [-0.4, -0.2) is 21.6 Å². The van der Waals surface area contributed by atoms with Crippen molar-refractivity contribution in [3.8, 4) is 5.88 Å². The summed E-state index contributed by atoms with van der Waals surface area (Å²) in [7, 11) is 0. The number of rotatable bonds is 5. The summed E-state index contributed by atoms with van der Waals surface area (Å²) >= 11 is 1.59. The number of ether oxygens (including phenoxy) is 1. The Morgan fingerprint density at radius 3 is 3.00 bits per heavy atom. The molecule has 0 aromatic carbocycles. The Labute approximate surface area is 126 Å². The third-order valence-electron chi connectivity index (χ3n) is 2.93. The van der Waals surface area contributed by atoms with Crippen molar-refractivity contribution in [2.75, 3.05) is 12.0 Å². The molecule has 0 amide bonds. The molecule has 7 heteroatoms. The van der Waals surface area contributed by atoms with Crippen molar-refractivity contribution in [1.29, 1.82) is 0 Å². The van der Waals surface area contributed by atoms with Crippen LogP contribution in [-0.2, 0) is 6.42 Å². The number of thiophene rings is 1. The smallest absolute Gasteiger partial charge is 0.241 e. The van der Waals surface area contributed by atoms with E-state index in [0.717, 1.165) is 27.2 Å². The maximum Gasteiger partial charge on any atom is 0.241 e. The molecule has 21 heavy (non-hydrogen) atoms. The third-order valence-corrected chi connectivity index (χ3v) is 3.88. The first-order valence-corrected chi connectivity index (χ1v) is 7.35. The zero-order valence-electron chi connectivity index (χ0n) is 11.5. The largest absolute Gasteiger partial charge is 0.477 e. The zero-order chi connectivity index (χ0) is 14.7. The molecule has 3 N–H and O–H groups in total. The summed E-state index contributed by atoms with van der Waals surface area (Å²) in [5.41, 5.74) is 3.46. The van der Waals surface area contributed by atoms with Gasteiger partial charge >= 0.3 is 0 Å². The Morgan fingerprint density at radius 2 is 2.24 bits per heavy atom. The van der Waals surface area contributed by atoms with E-state index in [9.17, 15) is 0 Å². The Bertz CT molecular complexity index is 744. The topological polar surface area (TPSA) is 86.0 Å². The molecule has 0 unspecified atom stereocenters. The predicted molar refractivity (Wildman–Crippen MR) is 83.4 cm³/mol. The number of nitrogens with two attached hydrogens (primary N) is 1. The van der Waals surface area contributed by atoms with Gasteiger partial charge in [0.1, 0.15) is 4.83 Å². The molecule has 0 aliphatic carbocycles. The highest BCUT2D eigenvalue weighted by molar-refractivity contribution is 7.18. The van der Waals surface area contributed by atoms with Crippen LogP contribution in [0.4, 0.5) is 5.95 Å². The molecular weight excluding hydrogens is 286 g/mol. The molecule has 3 aromatic heterocycles. The van der Waals surface area contributed by atoms with Crippen LogP contribution in [0.15, 0.2) is 30.5 Å². The summed E-state index contributed by atoms with van der Waals surface area (Å²) < 4.78 is 5.80. The van der Waals surface area contributed by atoms with Gasteiger partial charge in [-0.05, 0) is 25.1 Å². The number of hydrogen-bond acceptors (Lipinski definition) is 7. The second-order valence-electron chi connectivity index (χ2n) is 4.49. The summed E-state index contributed by atoms with van der Waals surface area (Å²) in [5, 5.41) is 0.914. The van der Waals surface area contributed by atoms with Gasteiger partial charge in [0.15, 0.2) is 0 Å². The summed E-state index contributed by atoms with van der Waals surface area (Å²) in [6.07, 6.45) is 2.50. The molecule has 3 rings (SSSR count). The van der Waals surface area contributed by atoms with E-state index in [1.54, 1.807) is 17.5 Å². The molecule has 0 saturated carbocycles. The number of nitrogens with one attached hydrogen (secondary N) is 1. The molecule has 108 valence electrons. The lowest BCUT2D eigenvalue weighted by atomic mass is 10.3. The van der Waals surface area contributed by atoms with Gasteiger partial charge in [-0.1, -0.05) is 6.07 Å². The number of anilines is 1. The molecule has 0 radical (unpaired) electrons. The van der Waals surface area contributed by atoms with Crippen molar-refractivity contribution in [2.24, 2.45) is 5.84 Å². The van der Waals surface area contributed by atoms with Gasteiger partial charge in [-0.3, -0.25) is 10.4 Å². The molecular formula is C14H15N5OS. The van der Waals surface area contributed by atoms with Crippen LogP contribution in [0.3, 0.4) is 0 Å². The van der Waals surface area contributed by atoms with Crippen LogP contribution in [0.1, 0.15) is 10.6 Å². The van der Waals surface area contributed by atoms with Gasteiger partial charge in [0, 0.05) is 23.2 Å². The molecule has 0 saturated heterocycles. The number of nitrogens with zero attached hydrogens (tertiary/aromatic N) is 3. The Kier molecular flexibility index (Phi) is 3.94. The van der Waals surface area contributed by atoms with E-state index in [1.165, 1.54) is 0 Å². The van der Waals surface area contributed by atoms with E-state index in [2.05, 4.69) is 20.4 Å². The molecule has 0 aliphatic rings. The normalized spacial score (nSPS) is 10.8. The van der Waals surface area contributed by atoms with Crippen molar-refractivity contribution in [3.05, 3.63) is 41.0 Å². The SMILES string of the molecule is Cc1cc2c(OCCc3ccccn3)nc(NN)nc2s1. The fourth-order valence-electron chi connectivity index (χ4n) is 1.99. The molecule has 3 aromatic rings. The first kappa shape index (κ1) is 13.7. The second kappa shape index (κ2) is 6.02. The first-order valence-electron chi connectivity index (χ1n) is 6.54. The van der Waals surface area contributed by atoms with E-state index in [-0.39, 0.29) is 0 Å². The van der Waals surface area contributed by atoms with Crippen LogP contribution in [0, 0.1) is 6.92 Å². The highest BCUT2D eigenvalue weighted by Crippen LogP contribution is 2.30. The number of aryl methyl sites for hydroxylation is 1. The number of hydrogen-bond donors (Lipinski definition) is 2. The highest BCUT2D eigenvalue weighted by Gasteiger charge is 2.11. The average molecular weight is 301 g/mol. The lowest BCUT2D eigenvalue weighted by Gasteiger charge is -2.07. The highest BCUT2D eigenvalue weighted by atomic mass is 32.1. The number of hydrazine groups is 1. The van der Waals surface area contributed by atoms with Gasteiger partial charge < -0.3 is 4.74 Å². The fourth-order valence-corrected chi connectivity index (χ4v) is 2.86. The second-order valence-corrected chi connectivity index (χ2v) is 5.73. The van der Waals surface area contributed by atoms with Gasteiger partial charge in [0.05, 0.1) is 12.0 Å². The Hall–Kier alpha value is -2.25. The minimum Gasteiger partial charge on any atom is -0.477 e. The van der Waals surface area contributed by atoms with Crippen LogP contribution >= 0.6 is 11.3 Å². The van der Waals surface area contributed by atoms with E-state index < -0.39 is 0 Å². The minimum absolute atomic E-state index is 0.359. The Balaban J connectivity index is 1.79. The average Bonchev–Trinajstić information content (AvgIpc) is 2.88. The lowest BCUT2D eigenvalue weighted by Crippen LogP contribution is -2.11. The first-order chi connectivity index (χ1) is 10.3. The molecule has 6 nitrogen and oxygen atoms in total. The molecule has 0 fully saturated rings. The molecule has 3 heterocycles. The van der Waals surface area contributed by atoms with Crippen LogP contribution in [0.2, 0.25) is 0 Å². The minimum atomic E-state index is 0.359. The van der Waals surface area contributed by atoms with Crippen LogP contribution in [0.25, 0.3) is 10.2 Å². The van der Waals surface area contributed by atoms with Crippen molar-refractivity contribution in [3.63, 3.8) is 0 Å². The van der Waals surface area contributed by atoms with Crippen molar-refractivity contribution < 1.29 is 4.74 Å². The fraction of sp³-hybridized carbons (Fsp3) is 0.214. The molecule has 0 aliphatic heterocycles. The van der Waals surface area contributed by atoms with Gasteiger partial charge in [0.2, 0.25) is 11.8 Å². The predicted octanol–water partition coefficient (Wildman–Crippen LogP) is 2.30. The number of pyridine rings is 1. The monoisotopic (exact) mass is 301 g/mol. The zero-order valence-corrected chi connectivity index (χ0v) is 12.4. The standard InChI is InChI=1S/C14H15N5OS/c1-9-8-11-12(17-14(19-15)18-13(11)21-9)20-7-5-10-4-2-3-6-16-10/h2-4,6,8H,5,7,15H2,1H3,(H,17,18,19). The van der Waals surface area contributed by atoms with E-state index in [0.29, 0.717) is 18.4 Å². The van der Waals surface area contributed by atoms with Crippen LogP contribution < -0.4 is 16.0 Å². The molecule has 0 atom stereocenters. The summed E-state index contributed by atoms with van der Waals surface area (Å²) in [4.78, 5) is 14.9. The summed E-state index contributed by atoms with van der Waals surface area (Å²) in [6, 6.07) is 7.85. The van der Waals surface area contributed by atoms with Crippen molar-refractivity contribution >= 4 is 27.5 Å². The van der Waals surface area contributed by atoms with Crippen molar-refractivity contribution in [2.45, 2.75) is 13.3 Å². The quantitative estimate of drug-likeness (QED) is 0.555. The van der Waals surface area contributed by atoms with Gasteiger partial charge in [-0.2, -0.15) is 4.98 Å². The maximum absolute atomic E-state index is 5.80. The number of aromatic nitrogens is 3. The number of nitrogen functional groups attached to an aromatic ring is 1. The summed E-state index contributed by atoms with van der Waals surface area (Å²) in [5.74, 6) is 6.31. The molecule has 0 bridgehead atoms. The maximum atomic E-state index is 5.80. The summed E-state index contributed by atoms with van der Waals surface area (Å²) in [6.45, 7) is 2.53. The van der Waals surface area contributed by atoms with Gasteiger partial charge in [0.25, 0.3) is 0 Å².